The molecule has 0 bridgehead atoms. The molecule has 1 heterocycles. The van der Waals surface area contributed by atoms with E-state index in [0.29, 0.717) is 5.57 Å². The van der Waals surface area contributed by atoms with Crippen molar-refractivity contribution in [2.45, 2.75) is 25.4 Å². The Labute approximate surface area is 89.6 Å². The average molecular weight is 202 g/mol. The van der Waals surface area contributed by atoms with Crippen LogP contribution < -0.4 is 0 Å². The molecular formula is C13H14O2. The highest BCUT2D eigenvalue weighted by molar-refractivity contribution is 5.90. The Bertz CT molecular complexity index is 381. The zero-order valence-corrected chi connectivity index (χ0v) is 8.77. The summed E-state index contributed by atoms with van der Waals surface area (Å²) in [5.41, 5.74) is 1.71. The Morgan fingerprint density at radius 3 is 2.67 bits per heavy atom. The molecule has 2 nitrogen and oxygen atoms in total. The summed E-state index contributed by atoms with van der Waals surface area (Å²) in [4.78, 5) is 11.5. The van der Waals surface area contributed by atoms with Gasteiger partial charge in [0.2, 0.25) is 0 Å². The quantitative estimate of drug-likeness (QED) is 0.517. The van der Waals surface area contributed by atoms with E-state index in [1.807, 2.05) is 37.3 Å². The number of esters is 1. The maximum atomic E-state index is 11.5. The number of hydrogen-bond acceptors (Lipinski definition) is 2. The van der Waals surface area contributed by atoms with E-state index < -0.39 is 0 Å². The molecule has 1 aromatic rings. The molecule has 1 aliphatic heterocycles. The molecule has 2 unspecified atom stereocenters. The van der Waals surface area contributed by atoms with Crippen molar-refractivity contribution in [3.8, 4) is 0 Å². The number of hydrogen-bond donors (Lipinski definition) is 0. The van der Waals surface area contributed by atoms with Gasteiger partial charge in [-0.15, -0.1) is 0 Å². The largest absolute Gasteiger partial charge is 0.459 e. The molecule has 1 aliphatic rings. The molecule has 0 N–H and O–H groups in total. The fourth-order valence-electron chi connectivity index (χ4n) is 1.95. The van der Waals surface area contributed by atoms with Crippen LogP contribution in [0, 0.1) is 0 Å². The molecule has 0 amide bonds. The second-order valence-electron chi connectivity index (χ2n) is 3.94. The highest BCUT2D eigenvalue weighted by Crippen LogP contribution is 2.33. The van der Waals surface area contributed by atoms with Crippen molar-refractivity contribution in [3.05, 3.63) is 48.0 Å². The van der Waals surface area contributed by atoms with Crippen LogP contribution in [0.15, 0.2) is 42.5 Å². The molecule has 0 spiro atoms. The number of cyclic esters (lactones) is 1. The van der Waals surface area contributed by atoms with Gasteiger partial charge in [0.05, 0.1) is 0 Å². The monoisotopic (exact) mass is 202 g/mol. The average Bonchev–Trinajstić information content (AvgIpc) is 2.24. The molecule has 78 valence electrons. The second kappa shape index (κ2) is 3.89. The van der Waals surface area contributed by atoms with Crippen LogP contribution in [0.1, 0.15) is 24.8 Å². The van der Waals surface area contributed by atoms with Crippen LogP contribution in [-0.4, -0.2) is 12.1 Å². The Morgan fingerprint density at radius 1 is 1.33 bits per heavy atom. The standard InChI is InChI=1S/C13H14O2/c1-9-8-12(10(2)13(14)15-9)11-6-4-3-5-7-11/h3-7,9,12H,2,8H2,1H3. The van der Waals surface area contributed by atoms with Crippen LogP contribution in [0.25, 0.3) is 0 Å². The molecule has 0 aliphatic carbocycles. The molecule has 0 saturated carbocycles. The van der Waals surface area contributed by atoms with Crippen LogP contribution in [0.3, 0.4) is 0 Å². The molecule has 1 saturated heterocycles. The van der Waals surface area contributed by atoms with Gasteiger partial charge >= 0.3 is 5.97 Å². The molecular weight excluding hydrogens is 188 g/mol. The van der Waals surface area contributed by atoms with Crippen LogP contribution in [0.5, 0.6) is 0 Å². The van der Waals surface area contributed by atoms with Gasteiger partial charge in [0.1, 0.15) is 6.10 Å². The highest BCUT2D eigenvalue weighted by atomic mass is 16.5. The van der Waals surface area contributed by atoms with Gasteiger partial charge in [-0.3, -0.25) is 0 Å². The van der Waals surface area contributed by atoms with E-state index in [1.54, 1.807) is 0 Å². The summed E-state index contributed by atoms with van der Waals surface area (Å²) < 4.78 is 5.11. The summed E-state index contributed by atoms with van der Waals surface area (Å²) in [7, 11) is 0. The van der Waals surface area contributed by atoms with E-state index in [2.05, 4.69) is 6.58 Å². The predicted octanol–water partition coefficient (Wildman–Crippen LogP) is 2.66. The maximum absolute atomic E-state index is 11.5. The van der Waals surface area contributed by atoms with Crippen LogP contribution in [-0.2, 0) is 9.53 Å². The fraction of sp³-hybridized carbons (Fsp3) is 0.308. The molecule has 15 heavy (non-hydrogen) atoms. The molecule has 2 rings (SSSR count). The summed E-state index contributed by atoms with van der Waals surface area (Å²) in [6, 6.07) is 9.99. The first-order chi connectivity index (χ1) is 7.18. The van der Waals surface area contributed by atoms with Crippen molar-refractivity contribution in [1.29, 1.82) is 0 Å². The first-order valence-corrected chi connectivity index (χ1v) is 5.13. The third-order valence-electron chi connectivity index (χ3n) is 2.76. The minimum absolute atomic E-state index is 0.0202. The fourth-order valence-corrected chi connectivity index (χ4v) is 1.95. The number of benzene rings is 1. The number of ether oxygens (including phenoxy) is 1. The first-order valence-electron chi connectivity index (χ1n) is 5.13. The van der Waals surface area contributed by atoms with Crippen molar-refractivity contribution >= 4 is 5.97 Å². The van der Waals surface area contributed by atoms with Crippen LogP contribution >= 0.6 is 0 Å². The normalized spacial score (nSPS) is 26.2. The maximum Gasteiger partial charge on any atom is 0.334 e. The second-order valence-corrected chi connectivity index (χ2v) is 3.94. The van der Waals surface area contributed by atoms with Crippen LogP contribution in [0.4, 0.5) is 0 Å². The third-order valence-corrected chi connectivity index (χ3v) is 2.76. The minimum Gasteiger partial charge on any atom is -0.459 e. The van der Waals surface area contributed by atoms with Crippen molar-refractivity contribution in [3.63, 3.8) is 0 Å². The number of carbonyl (C=O) groups excluding carboxylic acids is 1. The van der Waals surface area contributed by atoms with Gasteiger partial charge in [-0.25, -0.2) is 4.79 Å². The van der Waals surface area contributed by atoms with E-state index in [1.165, 1.54) is 0 Å². The van der Waals surface area contributed by atoms with Gasteiger partial charge in [-0.2, -0.15) is 0 Å². The Hall–Kier alpha value is -1.57. The lowest BCUT2D eigenvalue weighted by atomic mass is 9.85. The summed E-state index contributed by atoms with van der Waals surface area (Å²) in [5, 5.41) is 0. The van der Waals surface area contributed by atoms with Gasteiger partial charge in [0, 0.05) is 11.5 Å². The van der Waals surface area contributed by atoms with Crippen LogP contribution in [0.2, 0.25) is 0 Å². The van der Waals surface area contributed by atoms with E-state index in [9.17, 15) is 4.79 Å². The molecule has 2 atom stereocenters. The Balaban J connectivity index is 2.28. The van der Waals surface area contributed by atoms with E-state index >= 15 is 0 Å². The molecule has 2 heteroatoms. The highest BCUT2D eigenvalue weighted by Gasteiger charge is 2.30. The topological polar surface area (TPSA) is 26.3 Å². The van der Waals surface area contributed by atoms with Gasteiger partial charge < -0.3 is 4.74 Å². The number of carbonyl (C=O) groups is 1. The smallest absolute Gasteiger partial charge is 0.334 e. The molecule has 1 aromatic carbocycles. The number of rotatable bonds is 1. The summed E-state index contributed by atoms with van der Waals surface area (Å²) in [5.74, 6) is -0.148. The summed E-state index contributed by atoms with van der Waals surface area (Å²) in [6.07, 6.45) is 0.808. The van der Waals surface area contributed by atoms with Gasteiger partial charge in [0.15, 0.2) is 0 Å². The van der Waals surface area contributed by atoms with Gasteiger partial charge in [0.25, 0.3) is 0 Å². The SMILES string of the molecule is C=C1C(=O)OC(C)CC1c1ccccc1. The molecule has 1 fully saturated rings. The molecule has 0 radical (unpaired) electrons. The zero-order chi connectivity index (χ0) is 10.8. The Kier molecular flexibility index (Phi) is 2.58. The van der Waals surface area contributed by atoms with Gasteiger partial charge in [-0.1, -0.05) is 36.9 Å². The van der Waals surface area contributed by atoms with Crippen molar-refractivity contribution in [1.82, 2.24) is 0 Å². The van der Waals surface area contributed by atoms with Gasteiger partial charge in [-0.05, 0) is 18.9 Å². The van der Waals surface area contributed by atoms with Crippen molar-refractivity contribution in [2.75, 3.05) is 0 Å². The minimum atomic E-state index is -0.261. The third kappa shape index (κ3) is 1.94. The van der Waals surface area contributed by atoms with E-state index in [-0.39, 0.29) is 18.0 Å². The van der Waals surface area contributed by atoms with Crippen molar-refractivity contribution < 1.29 is 9.53 Å². The zero-order valence-electron chi connectivity index (χ0n) is 8.77. The lowest BCUT2D eigenvalue weighted by Crippen LogP contribution is -2.28. The first kappa shape index (κ1) is 9.97. The lowest BCUT2D eigenvalue weighted by Gasteiger charge is -2.28. The molecule has 0 aromatic heterocycles. The predicted molar refractivity (Wildman–Crippen MR) is 58.5 cm³/mol. The van der Waals surface area contributed by atoms with E-state index in [0.717, 1.165) is 12.0 Å². The summed E-state index contributed by atoms with van der Waals surface area (Å²) in [6.45, 7) is 5.73. The summed E-state index contributed by atoms with van der Waals surface area (Å²) >= 11 is 0. The lowest BCUT2D eigenvalue weighted by molar-refractivity contribution is -0.147. The van der Waals surface area contributed by atoms with Crippen molar-refractivity contribution in [2.24, 2.45) is 0 Å². The Morgan fingerprint density at radius 2 is 2.00 bits per heavy atom. The van der Waals surface area contributed by atoms with E-state index in [4.69, 9.17) is 4.74 Å².